The first-order valence-corrected chi connectivity index (χ1v) is 11.7. The van der Waals surface area contributed by atoms with Gasteiger partial charge >= 0.3 is 0 Å². The van der Waals surface area contributed by atoms with Crippen LogP contribution in [-0.4, -0.2) is 17.1 Å². The van der Waals surface area contributed by atoms with Gasteiger partial charge in [-0.25, -0.2) is 4.98 Å². The third kappa shape index (κ3) is 4.66. The predicted molar refractivity (Wildman–Crippen MR) is 130 cm³/mol. The second-order valence-electron chi connectivity index (χ2n) is 7.43. The molecule has 0 saturated heterocycles. The number of thioether (sulfide) groups is 1. The van der Waals surface area contributed by atoms with Crippen molar-refractivity contribution in [1.29, 1.82) is 5.26 Å². The number of benzene rings is 3. The number of carbonyl (C=O) groups is 1. The fourth-order valence-electron chi connectivity index (χ4n) is 3.88. The van der Waals surface area contributed by atoms with Crippen LogP contribution in [0.2, 0.25) is 0 Å². The monoisotopic (exact) mass is 437 g/mol. The van der Waals surface area contributed by atoms with Crippen LogP contribution in [0.3, 0.4) is 0 Å². The van der Waals surface area contributed by atoms with Gasteiger partial charge in [0.2, 0.25) is 5.91 Å². The number of aromatic nitrogens is 1. The molecule has 0 spiro atoms. The molecule has 4 rings (SSSR count). The lowest BCUT2D eigenvalue weighted by Crippen LogP contribution is -2.30. The summed E-state index contributed by atoms with van der Waals surface area (Å²) >= 11 is 1.60. The van der Waals surface area contributed by atoms with E-state index in [-0.39, 0.29) is 24.8 Å². The van der Waals surface area contributed by atoms with Crippen molar-refractivity contribution < 1.29 is 4.79 Å². The maximum atomic E-state index is 13.2. The van der Waals surface area contributed by atoms with Gasteiger partial charge in [0.05, 0.1) is 36.2 Å². The molecule has 0 bridgehead atoms. The number of rotatable bonds is 7. The lowest BCUT2D eigenvalue weighted by Gasteiger charge is -2.19. The van der Waals surface area contributed by atoms with Gasteiger partial charge in [0.25, 0.3) is 0 Å². The largest absolute Gasteiger partial charge is 0.348 e. The lowest BCUT2D eigenvalue weighted by molar-refractivity contribution is -0.121. The van der Waals surface area contributed by atoms with Crippen LogP contribution in [0.15, 0.2) is 89.8 Å². The molecule has 32 heavy (non-hydrogen) atoms. The third-order valence-corrected chi connectivity index (χ3v) is 6.22. The number of para-hydroxylation sites is 1. The number of carbonyl (C=O) groups excluding carboxylic acids is 1. The second-order valence-corrected chi connectivity index (χ2v) is 8.24. The van der Waals surface area contributed by atoms with Crippen molar-refractivity contribution in [3.63, 3.8) is 0 Å². The Labute approximate surface area is 192 Å². The van der Waals surface area contributed by atoms with E-state index in [0.717, 1.165) is 38.2 Å². The van der Waals surface area contributed by atoms with Gasteiger partial charge in [-0.1, -0.05) is 78.9 Å². The van der Waals surface area contributed by atoms with Gasteiger partial charge in [0, 0.05) is 15.8 Å². The molecule has 1 aromatic heterocycles. The van der Waals surface area contributed by atoms with Crippen LogP contribution in [-0.2, 0) is 11.2 Å². The minimum Gasteiger partial charge on any atom is -0.348 e. The molecular weight excluding hydrogens is 414 g/mol. The number of pyridine rings is 1. The average molecular weight is 438 g/mol. The molecule has 1 atom stereocenters. The molecule has 4 nitrogen and oxygen atoms in total. The van der Waals surface area contributed by atoms with Crippen LogP contribution < -0.4 is 5.32 Å². The molecule has 1 unspecified atom stereocenters. The summed E-state index contributed by atoms with van der Waals surface area (Å²) in [6, 6.07) is 29.5. The van der Waals surface area contributed by atoms with Crippen molar-refractivity contribution in [2.45, 2.75) is 23.8 Å². The number of hydrogen-bond acceptors (Lipinski definition) is 4. The number of amides is 1. The summed E-state index contributed by atoms with van der Waals surface area (Å²) in [5.41, 5.74) is 4.66. The number of nitrogens with zero attached hydrogens (tertiary/aromatic N) is 2. The van der Waals surface area contributed by atoms with Crippen molar-refractivity contribution in [1.82, 2.24) is 10.3 Å². The molecule has 1 amide bonds. The molecule has 0 aliphatic rings. The highest BCUT2D eigenvalue weighted by Gasteiger charge is 2.20. The summed E-state index contributed by atoms with van der Waals surface area (Å²) in [5.74, 6) is -0.111. The summed E-state index contributed by atoms with van der Waals surface area (Å²) in [6.45, 7) is 0. The molecule has 0 saturated carbocycles. The Bertz CT molecular complexity index is 1270. The summed E-state index contributed by atoms with van der Waals surface area (Å²) in [4.78, 5) is 19.1. The maximum Gasteiger partial charge on any atom is 0.225 e. The Kier molecular flexibility index (Phi) is 6.84. The van der Waals surface area contributed by atoms with Crippen LogP contribution in [0.1, 0.15) is 23.6 Å². The Morgan fingerprint density at radius 2 is 1.66 bits per heavy atom. The van der Waals surface area contributed by atoms with Gasteiger partial charge in [-0.05, 0) is 23.4 Å². The molecule has 5 heteroatoms. The van der Waals surface area contributed by atoms with Gasteiger partial charge in [-0.3, -0.25) is 4.79 Å². The summed E-state index contributed by atoms with van der Waals surface area (Å²) < 4.78 is 0. The molecule has 1 N–H and O–H groups in total. The summed E-state index contributed by atoms with van der Waals surface area (Å²) in [5, 5.41) is 13.3. The Morgan fingerprint density at radius 3 is 2.34 bits per heavy atom. The first kappa shape index (κ1) is 21.6. The third-order valence-electron chi connectivity index (χ3n) is 5.37. The van der Waals surface area contributed by atoms with E-state index < -0.39 is 0 Å². The smallest absolute Gasteiger partial charge is 0.225 e. The summed E-state index contributed by atoms with van der Waals surface area (Å²) in [7, 11) is 0. The van der Waals surface area contributed by atoms with Crippen molar-refractivity contribution in [2.24, 2.45) is 0 Å². The second kappa shape index (κ2) is 10.1. The van der Waals surface area contributed by atoms with Crippen LogP contribution in [0.25, 0.3) is 22.2 Å². The number of fused-ring (bicyclic) bond motifs is 1. The Hall–Kier alpha value is -3.62. The minimum absolute atomic E-state index is 0.111. The van der Waals surface area contributed by atoms with E-state index in [1.54, 1.807) is 11.8 Å². The van der Waals surface area contributed by atoms with E-state index in [0.29, 0.717) is 0 Å². The zero-order chi connectivity index (χ0) is 22.3. The number of nitriles is 1. The molecule has 0 radical (unpaired) electrons. The van der Waals surface area contributed by atoms with Gasteiger partial charge in [-0.2, -0.15) is 5.26 Å². The first-order chi connectivity index (χ1) is 15.7. The molecule has 0 aliphatic heterocycles. The normalized spacial score (nSPS) is 11.6. The molecular formula is C27H23N3OS. The standard InChI is InChI=1S/C27H23N3OS/c1-32-27-22(18-25(31)29-23(16-17-28)19-10-4-2-5-11-19)21-14-8-9-15-24(21)30-26(27)20-12-6-3-7-13-20/h2-15,23H,16,18H2,1H3,(H,29,31). The molecule has 0 aliphatic carbocycles. The molecule has 1 heterocycles. The average Bonchev–Trinajstić information content (AvgIpc) is 2.84. The van der Waals surface area contributed by atoms with Crippen LogP contribution in [0.4, 0.5) is 0 Å². The molecule has 0 fully saturated rings. The van der Waals surface area contributed by atoms with Crippen molar-refractivity contribution >= 4 is 28.6 Å². The highest BCUT2D eigenvalue weighted by Crippen LogP contribution is 2.36. The highest BCUT2D eigenvalue weighted by atomic mass is 32.2. The fourth-order valence-corrected chi connectivity index (χ4v) is 4.67. The quantitative estimate of drug-likeness (QED) is 0.364. The first-order valence-electron chi connectivity index (χ1n) is 10.4. The van der Waals surface area contributed by atoms with Gasteiger partial charge in [0.15, 0.2) is 0 Å². The van der Waals surface area contributed by atoms with E-state index >= 15 is 0 Å². The van der Waals surface area contributed by atoms with Crippen LogP contribution in [0, 0.1) is 11.3 Å². The molecule has 3 aromatic carbocycles. The van der Waals surface area contributed by atoms with E-state index in [2.05, 4.69) is 11.4 Å². The van der Waals surface area contributed by atoms with E-state index in [1.807, 2.05) is 91.2 Å². The Balaban J connectivity index is 1.73. The van der Waals surface area contributed by atoms with E-state index in [1.165, 1.54) is 0 Å². The maximum absolute atomic E-state index is 13.2. The zero-order valence-electron chi connectivity index (χ0n) is 17.8. The van der Waals surface area contributed by atoms with Gasteiger partial charge in [0.1, 0.15) is 0 Å². The van der Waals surface area contributed by atoms with Gasteiger partial charge in [-0.15, -0.1) is 11.8 Å². The highest BCUT2D eigenvalue weighted by molar-refractivity contribution is 7.98. The van der Waals surface area contributed by atoms with Crippen molar-refractivity contribution in [3.8, 4) is 17.3 Å². The predicted octanol–water partition coefficient (Wildman–Crippen LogP) is 5.94. The minimum atomic E-state index is -0.340. The van der Waals surface area contributed by atoms with Crippen LogP contribution in [0.5, 0.6) is 0 Å². The van der Waals surface area contributed by atoms with Crippen LogP contribution >= 0.6 is 11.8 Å². The van der Waals surface area contributed by atoms with Crippen molar-refractivity contribution in [2.75, 3.05) is 6.26 Å². The zero-order valence-corrected chi connectivity index (χ0v) is 18.6. The van der Waals surface area contributed by atoms with Crippen molar-refractivity contribution in [3.05, 3.63) is 96.1 Å². The number of hydrogen-bond donors (Lipinski definition) is 1. The molecule has 158 valence electrons. The van der Waals surface area contributed by atoms with Gasteiger partial charge < -0.3 is 5.32 Å². The SMILES string of the molecule is CSc1c(-c2ccccc2)nc2ccccc2c1CC(=O)NC(CC#N)c1ccccc1. The number of nitrogens with one attached hydrogen (secondary N) is 1. The topological polar surface area (TPSA) is 65.8 Å². The lowest BCUT2D eigenvalue weighted by atomic mass is 10.00. The fraction of sp³-hybridized carbons (Fsp3) is 0.148. The summed E-state index contributed by atoms with van der Waals surface area (Å²) in [6.07, 6.45) is 2.45. The molecule has 4 aromatic rings. The Morgan fingerprint density at radius 1 is 1.00 bits per heavy atom. The van der Waals surface area contributed by atoms with E-state index in [9.17, 15) is 10.1 Å². The van der Waals surface area contributed by atoms with E-state index in [4.69, 9.17) is 4.98 Å².